The second kappa shape index (κ2) is 10.5. The molecule has 202 valence electrons. The predicted molar refractivity (Wildman–Crippen MR) is 134 cm³/mol. The number of hydrogen-bond acceptors (Lipinski definition) is 6. The highest BCUT2D eigenvalue weighted by molar-refractivity contribution is 7.08. The first-order valence-electron chi connectivity index (χ1n) is 11.6. The molecule has 3 aromatic heterocycles. The number of aromatic nitrogens is 2. The van der Waals surface area contributed by atoms with Crippen LogP contribution in [-0.4, -0.2) is 82.1 Å². The fraction of sp³-hybridized carbons (Fsp3) is 0.360. The van der Waals surface area contributed by atoms with Gasteiger partial charge in [-0.1, -0.05) is 0 Å². The van der Waals surface area contributed by atoms with Crippen molar-refractivity contribution in [2.24, 2.45) is 0 Å². The predicted octanol–water partition coefficient (Wildman–Crippen LogP) is 3.15. The molecule has 2 aliphatic rings. The average Bonchev–Trinajstić information content (AvgIpc) is 3.63. The van der Waals surface area contributed by atoms with Crippen LogP contribution in [0.4, 0.5) is 18.9 Å². The number of carbonyl (C=O) groups excluding carboxylic acids is 2. The first kappa shape index (κ1) is 27.2. The highest BCUT2D eigenvalue weighted by Gasteiger charge is 2.51. The summed E-state index contributed by atoms with van der Waals surface area (Å²) in [7, 11) is 3.55. The van der Waals surface area contributed by atoms with Crippen LogP contribution in [0.5, 0.6) is 0 Å². The molecule has 0 bridgehead atoms. The van der Waals surface area contributed by atoms with E-state index in [0.29, 0.717) is 19.5 Å². The van der Waals surface area contributed by atoms with E-state index in [0.717, 1.165) is 29.2 Å². The highest BCUT2D eigenvalue weighted by atomic mass is 32.1. The van der Waals surface area contributed by atoms with Gasteiger partial charge in [-0.25, -0.2) is 9.78 Å². The van der Waals surface area contributed by atoms with Crippen LogP contribution < -0.4 is 4.90 Å². The summed E-state index contributed by atoms with van der Waals surface area (Å²) in [5.41, 5.74) is 2.59. The molecule has 2 aliphatic heterocycles. The normalized spacial score (nSPS) is 17.9. The van der Waals surface area contributed by atoms with E-state index in [2.05, 4.69) is 20.5 Å². The Morgan fingerprint density at radius 2 is 1.92 bits per heavy atom. The molecule has 0 saturated carbocycles. The molecule has 1 spiro atoms. The van der Waals surface area contributed by atoms with Crippen molar-refractivity contribution in [2.45, 2.75) is 24.6 Å². The van der Waals surface area contributed by atoms with Crippen LogP contribution in [0.3, 0.4) is 0 Å². The third-order valence-electron chi connectivity index (χ3n) is 6.60. The Morgan fingerprint density at radius 1 is 1.18 bits per heavy atom. The SMILES string of the molecule is CN(C)C(=O)CN1c2cccnc2-n2cccc2C12CCN(C(=O)Cc1ccsc1)C2.O=C(O)C(F)(F)F. The van der Waals surface area contributed by atoms with Gasteiger partial charge in [0.25, 0.3) is 0 Å². The highest BCUT2D eigenvalue weighted by Crippen LogP contribution is 2.47. The summed E-state index contributed by atoms with van der Waals surface area (Å²) < 4.78 is 33.8. The molecule has 1 fully saturated rings. The molecule has 2 amide bonds. The van der Waals surface area contributed by atoms with Crippen LogP contribution in [0, 0.1) is 0 Å². The lowest BCUT2D eigenvalue weighted by Gasteiger charge is -2.47. The van der Waals surface area contributed by atoms with Gasteiger partial charge in [-0.2, -0.15) is 24.5 Å². The van der Waals surface area contributed by atoms with E-state index < -0.39 is 17.7 Å². The lowest BCUT2D eigenvalue weighted by molar-refractivity contribution is -0.192. The summed E-state index contributed by atoms with van der Waals surface area (Å²) in [6, 6.07) is 10.0. The number of halogens is 3. The lowest BCUT2D eigenvalue weighted by Crippen LogP contribution is -2.55. The van der Waals surface area contributed by atoms with Gasteiger partial charge in [0.1, 0.15) is 5.54 Å². The first-order chi connectivity index (χ1) is 17.9. The van der Waals surface area contributed by atoms with Crippen LogP contribution in [0.15, 0.2) is 53.5 Å². The van der Waals surface area contributed by atoms with Crippen molar-refractivity contribution in [2.75, 3.05) is 38.6 Å². The number of likely N-dealkylation sites (N-methyl/N-ethyl adjacent to an activating group) is 1. The zero-order valence-electron chi connectivity index (χ0n) is 20.7. The molecule has 38 heavy (non-hydrogen) atoms. The molecule has 0 radical (unpaired) electrons. The van der Waals surface area contributed by atoms with Gasteiger partial charge in [-0.15, -0.1) is 0 Å². The van der Waals surface area contributed by atoms with Gasteiger partial charge < -0.3 is 24.4 Å². The molecule has 1 saturated heterocycles. The first-order valence-corrected chi connectivity index (χ1v) is 12.6. The number of pyridine rings is 1. The van der Waals surface area contributed by atoms with Crippen molar-refractivity contribution in [3.8, 4) is 5.82 Å². The van der Waals surface area contributed by atoms with Crippen molar-refractivity contribution < 1.29 is 32.7 Å². The summed E-state index contributed by atoms with van der Waals surface area (Å²) >= 11 is 1.61. The van der Waals surface area contributed by atoms with Crippen molar-refractivity contribution in [1.82, 2.24) is 19.4 Å². The van der Waals surface area contributed by atoms with Crippen LogP contribution in [0.25, 0.3) is 5.82 Å². The van der Waals surface area contributed by atoms with E-state index in [1.165, 1.54) is 0 Å². The molecule has 1 unspecified atom stereocenters. The third-order valence-corrected chi connectivity index (χ3v) is 7.33. The molecular formula is C25H26F3N5O4S. The van der Waals surface area contributed by atoms with E-state index >= 15 is 0 Å². The monoisotopic (exact) mass is 549 g/mol. The number of nitrogens with zero attached hydrogens (tertiary/aromatic N) is 5. The topological polar surface area (TPSA) is 99.0 Å². The molecule has 9 nitrogen and oxygen atoms in total. The number of fused-ring (bicyclic) bond motifs is 4. The quantitative estimate of drug-likeness (QED) is 0.537. The molecule has 5 heterocycles. The molecule has 3 aromatic rings. The molecule has 5 rings (SSSR count). The largest absolute Gasteiger partial charge is 0.490 e. The second-order valence-electron chi connectivity index (χ2n) is 9.19. The number of likely N-dealkylation sites (tertiary alicyclic amines) is 1. The Labute approximate surface area is 220 Å². The van der Waals surface area contributed by atoms with Gasteiger partial charge in [-0.3, -0.25) is 9.59 Å². The van der Waals surface area contributed by atoms with Gasteiger partial charge in [0.15, 0.2) is 5.82 Å². The number of rotatable bonds is 4. The van der Waals surface area contributed by atoms with E-state index in [-0.39, 0.29) is 18.4 Å². The van der Waals surface area contributed by atoms with E-state index in [1.54, 1.807) is 36.5 Å². The molecule has 1 N–H and O–H groups in total. The van der Waals surface area contributed by atoms with Crippen molar-refractivity contribution >= 4 is 34.8 Å². The summed E-state index contributed by atoms with van der Waals surface area (Å²) in [4.78, 5) is 45.1. The van der Waals surface area contributed by atoms with Crippen LogP contribution in [0.2, 0.25) is 0 Å². The molecule has 13 heteroatoms. The van der Waals surface area contributed by atoms with Gasteiger partial charge in [0, 0.05) is 39.6 Å². The van der Waals surface area contributed by atoms with Crippen molar-refractivity contribution in [1.29, 1.82) is 0 Å². The molecule has 0 aromatic carbocycles. The maximum atomic E-state index is 13.1. The summed E-state index contributed by atoms with van der Waals surface area (Å²) in [5, 5.41) is 11.2. The zero-order valence-corrected chi connectivity index (χ0v) is 21.5. The van der Waals surface area contributed by atoms with Crippen LogP contribution in [0.1, 0.15) is 17.7 Å². The molecule has 1 atom stereocenters. The summed E-state index contributed by atoms with van der Waals surface area (Å²) in [6.45, 7) is 1.45. The minimum atomic E-state index is -5.08. The average molecular weight is 550 g/mol. The van der Waals surface area contributed by atoms with Gasteiger partial charge in [0.05, 0.1) is 24.3 Å². The minimum absolute atomic E-state index is 0.0252. The van der Waals surface area contributed by atoms with Crippen LogP contribution in [-0.2, 0) is 26.3 Å². The van der Waals surface area contributed by atoms with Crippen molar-refractivity contribution in [3.63, 3.8) is 0 Å². The Kier molecular flexibility index (Phi) is 7.49. The van der Waals surface area contributed by atoms with Crippen LogP contribution >= 0.6 is 11.3 Å². The number of alkyl halides is 3. The maximum absolute atomic E-state index is 13.1. The smallest absolute Gasteiger partial charge is 0.475 e. The van der Waals surface area contributed by atoms with Gasteiger partial charge in [-0.05, 0) is 53.1 Å². The van der Waals surface area contributed by atoms with Crippen molar-refractivity contribution in [3.05, 3.63) is 64.7 Å². The Bertz CT molecular complexity index is 1320. The lowest BCUT2D eigenvalue weighted by atomic mass is 9.88. The summed E-state index contributed by atoms with van der Waals surface area (Å²) in [5.74, 6) is -1.78. The van der Waals surface area contributed by atoms with E-state index in [4.69, 9.17) is 9.90 Å². The number of carboxylic acids is 1. The van der Waals surface area contributed by atoms with E-state index in [9.17, 15) is 22.8 Å². The number of anilines is 1. The number of carbonyl (C=O) groups is 3. The summed E-state index contributed by atoms with van der Waals surface area (Å²) in [6.07, 6.45) is -0.113. The Morgan fingerprint density at radius 3 is 2.55 bits per heavy atom. The Balaban J connectivity index is 0.000000426. The fourth-order valence-corrected chi connectivity index (χ4v) is 5.40. The number of aliphatic carboxylic acids is 1. The zero-order chi connectivity index (χ0) is 27.7. The molecule has 0 aliphatic carbocycles. The minimum Gasteiger partial charge on any atom is -0.475 e. The third kappa shape index (κ3) is 5.23. The standard InChI is InChI=1S/C23H25N5O2S.C2HF3O2/c1-25(2)21(30)14-28-18-5-3-9-24-22(18)27-10-4-6-19(27)23(28)8-11-26(16-23)20(29)13-17-7-12-31-15-17;3-2(4,5)1(6)7/h3-7,9-10,12,15H,8,11,13-14,16H2,1-2H3;(H,6,7). The number of hydrogen-bond donors (Lipinski definition) is 1. The number of carboxylic acid groups (broad SMARTS) is 1. The second-order valence-corrected chi connectivity index (χ2v) is 9.97. The Hall–Kier alpha value is -3.87. The van der Waals surface area contributed by atoms with Gasteiger partial charge in [0.2, 0.25) is 11.8 Å². The van der Waals surface area contributed by atoms with Gasteiger partial charge >= 0.3 is 12.1 Å². The number of thiophene rings is 1. The molecular weight excluding hydrogens is 523 g/mol. The number of amides is 2. The maximum Gasteiger partial charge on any atom is 0.490 e. The van der Waals surface area contributed by atoms with E-state index in [1.807, 2.05) is 46.1 Å². The fourth-order valence-electron chi connectivity index (χ4n) is 4.73.